The maximum absolute atomic E-state index is 11.7. The molecule has 1 saturated carbocycles. The van der Waals surface area contributed by atoms with E-state index in [4.69, 9.17) is 4.74 Å². The molecule has 1 fully saturated rings. The van der Waals surface area contributed by atoms with Crippen LogP contribution in [0.1, 0.15) is 29.6 Å². The molecule has 3 unspecified atom stereocenters. The van der Waals surface area contributed by atoms with Gasteiger partial charge in [-0.3, -0.25) is 0 Å². The zero-order chi connectivity index (χ0) is 12.4. The Labute approximate surface area is 108 Å². The van der Waals surface area contributed by atoms with E-state index < -0.39 is 0 Å². The molecule has 2 aliphatic rings. The Morgan fingerprint density at radius 3 is 2.67 bits per heavy atom. The van der Waals surface area contributed by atoms with Crippen molar-refractivity contribution in [2.24, 2.45) is 17.8 Å². The predicted molar refractivity (Wildman–Crippen MR) is 70.2 cm³/mol. The SMILES string of the molecule is O=C(OCCC1CC2C=CC1C2)c1ccccc1. The lowest BCUT2D eigenvalue weighted by Gasteiger charge is -2.17. The van der Waals surface area contributed by atoms with Gasteiger partial charge in [0, 0.05) is 0 Å². The molecule has 0 radical (unpaired) electrons. The highest BCUT2D eigenvalue weighted by molar-refractivity contribution is 5.89. The van der Waals surface area contributed by atoms with Crippen LogP contribution in [-0.2, 0) is 4.74 Å². The van der Waals surface area contributed by atoms with Crippen molar-refractivity contribution in [3.05, 3.63) is 48.0 Å². The van der Waals surface area contributed by atoms with Gasteiger partial charge in [0.1, 0.15) is 0 Å². The van der Waals surface area contributed by atoms with Crippen molar-refractivity contribution in [2.45, 2.75) is 19.3 Å². The number of benzene rings is 1. The van der Waals surface area contributed by atoms with E-state index in [1.165, 1.54) is 12.8 Å². The van der Waals surface area contributed by atoms with Gasteiger partial charge in [0.25, 0.3) is 0 Å². The van der Waals surface area contributed by atoms with Crippen LogP contribution in [0, 0.1) is 17.8 Å². The summed E-state index contributed by atoms with van der Waals surface area (Å²) < 4.78 is 5.33. The number of ether oxygens (including phenoxy) is 1. The van der Waals surface area contributed by atoms with E-state index in [-0.39, 0.29) is 5.97 Å². The highest BCUT2D eigenvalue weighted by atomic mass is 16.5. The molecule has 0 amide bonds. The zero-order valence-corrected chi connectivity index (χ0v) is 10.4. The second kappa shape index (κ2) is 4.97. The van der Waals surface area contributed by atoms with Crippen molar-refractivity contribution in [3.8, 4) is 0 Å². The van der Waals surface area contributed by atoms with Crippen LogP contribution in [0.25, 0.3) is 0 Å². The Balaban J connectivity index is 1.45. The van der Waals surface area contributed by atoms with E-state index in [9.17, 15) is 4.79 Å². The summed E-state index contributed by atoms with van der Waals surface area (Å²) in [5, 5.41) is 0. The van der Waals surface area contributed by atoms with Crippen LogP contribution in [0.5, 0.6) is 0 Å². The normalized spacial score (nSPS) is 28.6. The Bertz CT molecular complexity index is 449. The molecule has 0 N–H and O–H groups in total. The molecule has 2 heteroatoms. The monoisotopic (exact) mass is 242 g/mol. The maximum atomic E-state index is 11.7. The van der Waals surface area contributed by atoms with Gasteiger partial charge < -0.3 is 4.74 Å². The van der Waals surface area contributed by atoms with Gasteiger partial charge in [-0.1, -0.05) is 30.4 Å². The summed E-state index contributed by atoms with van der Waals surface area (Å²) in [5.41, 5.74) is 0.644. The number of carbonyl (C=O) groups excluding carboxylic acids is 1. The Morgan fingerprint density at radius 2 is 2.00 bits per heavy atom. The zero-order valence-electron chi connectivity index (χ0n) is 10.4. The van der Waals surface area contributed by atoms with Crippen LogP contribution in [-0.4, -0.2) is 12.6 Å². The van der Waals surface area contributed by atoms with E-state index in [2.05, 4.69) is 12.2 Å². The molecular weight excluding hydrogens is 224 g/mol. The van der Waals surface area contributed by atoms with Gasteiger partial charge in [-0.05, 0) is 49.1 Å². The first-order valence-corrected chi connectivity index (χ1v) is 6.73. The highest BCUT2D eigenvalue weighted by Crippen LogP contribution is 2.44. The average molecular weight is 242 g/mol. The van der Waals surface area contributed by atoms with E-state index >= 15 is 0 Å². The minimum Gasteiger partial charge on any atom is -0.462 e. The predicted octanol–water partition coefficient (Wildman–Crippen LogP) is 3.45. The molecule has 0 aromatic heterocycles. The van der Waals surface area contributed by atoms with Crippen molar-refractivity contribution in [1.82, 2.24) is 0 Å². The van der Waals surface area contributed by atoms with Crippen LogP contribution in [0.3, 0.4) is 0 Å². The summed E-state index contributed by atoms with van der Waals surface area (Å²) >= 11 is 0. The fourth-order valence-electron chi connectivity index (χ4n) is 3.19. The minimum atomic E-state index is -0.200. The first-order chi connectivity index (χ1) is 8.83. The lowest BCUT2D eigenvalue weighted by molar-refractivity contribution is 0.0477. The molecule has 2 aliphatic carbocycles. The Hall–Kier alpha value is -1.57. The fraction of sp³-hybridized carbons (Fsp3) is 0.438. The molecule has 3 rings (SSSR count). The van der Waals surface area contributed by atoms with Crippen LogP contribution in [0.15, 0.2) is 42.5 Å². The Kier molecular flexibility index (Phi) is 3.18. The number of hydrogen-bond donors (Lipinski definition) is 0. The van der Waals surface area contributed by atoms with Crippen molar-refractivity contribution in [2.75, 3.05) is 6.61 Å². The molecule has 0 spiro atoms. The summed E-state index contributed by atoms with van der Waals surface area (Å²) in [4.78, 5) is 11.7. The van der Waals surface area contributed by atoms with Crippen LogP contribution in [0.2, 0.25) is 0 Å². The summed E-state index contributed by atoms with van der Waals surface area (Å²) in [6, 6.07) is 9.21. The van der Waals surface area contributed by atoms with Gasteiger partial charge in [0.2, 0.25) is 0 Å². The van der Waals surface area contributed by atoms with Crippen molar-refractivity contribution in [1.29, 1.82) is 0 Å². The van der Waals surface area contributed by atoms with Crippen molar-refractivity contribution < 1.29 is 9.53 Å². The minimum absolute atomic E-state index is 0.200. The third-order valence-corrected chi connectivity index (χ3v) is 4.15. The molecule has 0 saturated heterocycles. The van der Waals surface area contributed by atoms with Gasteiger partial charge in [0.15, 0.2) is 0 Å². The topological polar surface area (TPSA) is 26.3 Å². The van der Waals surface area contributed by atoms with Gasteiger partial charge in [-0.2, -0.15) is 0 Å². The van der Waals surface area contributed by atoms with Gasteiger partial charge in [-0.25, -0.2) is 4.79 Å². The van der Waals surface area contributed by atoms with Crippen LogP contribution in [0.4, 0.5) is 0 Å². The molecule has 2 nitrogen and oxygen atoms in total. The van der Waals surface area contributed by atoms with E-state index in [0.29, 0.717) is 12.2 Å². The third kappa shape index (κ3) is 2.33. The number of hydrogen-bond acceptors (Lipinski definition) is 2. The van der Waals surface area contributed by atoms with Crippen molar-refractivity contribution in [3.63, 3.8) is 0 Å². The fourth-order valence-corrected chi connectivity index (χ4v) is 3.19. The summed E-state index contributed by atoms with van der Waals surface area (Å²) in [7, 11) is 0. The van der Waals surface area contributed by atoms with E-state index in [1.54, 1.807) is 12.1 Å². The second-order valence-electron chi connectivity index (χ2n) is 5.33. The standard InChI is InChI=1S/C16H18O2/c17-16(13-4-2-1-3-5-13)18-9-8-15-11-12-6-7-14(15)10-12/h1-7,12,14-15H,8-11H2. The average Bonchev–Trinajstić information content (AvgIpc) is 3.02. The van der Waals surface area contributed by atoms with Crippen molar-refractivity contribution >= 4 is 5.97 Å². The molecule has 3 atom stereocenters. The number of carbonyl (C=O) groups is 1. The molecule has 94 valence electrons. The van der Waals surface area contributed by atoms with E-state index in [0.717, 1.165) is 24.2 Å². The number of allylic oxidation sites excluding steroid dienone is 2. The molecule has 18 heavy (non-hydrogen) atoms. The molecular formula is C16H18O2. The lowest BCUT2D eigenvalue weighted by Crippen LogP contribution is -2.13. The first-order valence-electron chi connectivity index (χ1n) is 6.73. The van der Waals surface area contributed by atoms with Crippen LogP contribution < -0.4 is 0 Å². The Morgan fingerprint density at radius 1 is 1.17 bits per heavy atom. The number of rotatable bonds is 4. The lowest BCUT2D eigenvalue weighted by atomic mass is 9.91. The van der Waals surface area contributed by atoms with Gasteiger partial charge in [0.05, 0.1) is 12.2 Å². The largest absolute Gasteiger partial charge is 0.462 e. The number of fused-ring (bicyclic) bond motifs is 2. The number of esters is 1. The molecule has 0 aliphatic heterocycles. The molecule has 1 aromatic rings. The van der Waals surface area contributed by atoms with Gasteiger partial charge in [-0.15, -0.1) is 0 Å². The molecule has 1 aromatic carbocycles. The summed E-state index contributed by atoms with van der Waals surface area (Å²) in [6.45, 7) is 0.551. The maximum Gasteiger partial charge on any atom is 0.338 e. The molecule has 2 bridgehead atoms. The van der Waals surface area contributed by atoms with E-state index in [1.807, 2.05) is 18.2 Å². The van der Waals surface area contributed by atoms with Crippen LogP contribution >= 0.6 is 0 Å². The van der Waals surface area contributed by atoms with Gasteiger partial charge >= 0.3 is 5.97 Å². The summed E-state index contributed by atoms with van der Waals surface area (Å²) in [5.74, 6) is 2.06. The highest BCUT2D eigenvalue weighted by Gasteiger charge is 2.35. The summed E-state index contributed by atoms with van der Waals surface area (Å²) in [6.07, 6.45) is 8.29. The quantitative estimate of drug-likeness (QED) is 0.597. The molecule has 0 heterocycles. The third-order valence-electron chi connectivity index (χ3n) is 4.15. The second-order valence-corrected chi connectivity index (χ2v) is 5.33. The first kappa shape index (κ1) is 11.5. The smallest absolute Gasteiger partial charge is 0.338 e.